The van der Waals surface area contributed by atoms with Crippen molar-refractivity contribution in [1.82, 2.24) is 19.8 Å². The summed E-state index contributed by atoms with van der Waals surface area (Å²) in [6, 6.07) is 8.38. The summed E-state index contributed by atoms with van der Waals surface area (Å²) in [5.41, 5.74) is 12.5. The molecule has 0 aliphatic rings. The van der Waals surface area contributed by atoms with Crippen LogP contribution in [-0.2, 0) is 16.1 Å². The minimum absolute atomic E-state index is 0.000312. The maximum Gasteiger partial charge on any atom is 0.214 e. The predicted octanol–water partition coefficient (Wildman–Crippen LogP) is 4.21. The van der Waals surface area contributed by atoms with Crippen LogP contribution < -0.4 is 11.5 Å². The Labute approximate surface area is 247 Å². The first-order chi connectivity index (χ1) is 18.6. The summed E-state index contributed by atoms with van der Waals surface area (Å²) in [6.45, 7) is 6.37. The molecule has 2 heterocycles. The zero-order valence-corrected chi connectivity index (χ0v) is 25.3. The molecule has 39 heavy (non-hydrogen) atoms. The molecule has 0 saturated carbocycles. The number of pyridine rings is 2. The first kappa shape index (κ1) is 34.8. The number of amides is 2. The van der Waals surface area contributed by atoms with Crippen LogP contribution in [0.2, 0.25) is 10.3 Å². The number of carbonyl (C=O) groups excluding carboxylic acids is 2. The van der Waals surface area contributed by atoms with E-state index in [2.05, 4.69) is 9.97 Å². The van der Waals surface area contributed by atoms with Crippen molar-refractivity contribution in [2.75, 3.05) is 31.2 Å². The first-order valence-corrected chi connectivity index (χ1v) is 15.0. The molecule has 0 aromatic carbocycles. The van der Waals surface area contributed by atoms with E-state index in [0.29, 0.717) is 48.0 Å². The van der Waals surface area contributed by atoms with E-state index in [9.17, 15) is 19.8 Å². The molecule has 2 unspecified atom stereocenters. The maximum atomic E-state index is 11.8. The highest BCUT2D eigenvalue weighted by molar-refractivity contribution is 8.78. The van der Waals surface area contributed by atoms with Crippen molar-refractivity contribution < 1.29 is 19.8 Å². The van der Waals surface area contributed by atoms with Crippen LogP contribution in [0.3, 0.4) is 0 Å². The van der Waals surface area contributed by atoms with Crippen molar-refractivity contribution in [1.29, 1.82) is 0 Å². The molecule has 2 amide bonds. The highest BCUT2D eigenvalue weighted by atomic mass is 35.5. The molecule has 0 radical (unpaired) electrons. The van der Waals surface area contributed by atoms with Crippen molar-refractivity contribution in [3.05, 3.63) is 56.8 Å². The Balaban J connectivity index is 0.000000806. The molecule has 2 aromatic heterocycles. The van der Waals surface area contributed by atoms with Crippen LogP contribution in [0.4, 0.5) is 11.6 Å². The van der Waals surface area contributed by atoms with Gasteiger partial charge in [0.2, 0.25) is 12.8 Å². The first-order valence-electron chi connectivity index (χ1n) is 12.1. The van der Waals surface area contributed by atoms with Crippen LogP contribution >= 0.6 is 44.8 Å². The number of aromatic nitrogens is 2. The molecule has 0 bridgehead atoms. The molecule has 0 aliphatic heterocycles. The summed E-state index contributed by atoms with van der Waals surface area (Å²) >= 11 is 11.3. The fourth-order valence-corrected chi connectivity index (χ4v) is 6.89. The van der Waals surface area contributed by atoms with Crippen molar-refractivity contribution in [3.63, 3.8) is 0 Å². The van der Waals surface area contributed by atoms with E-state index in [-0.39, 0.29) is 42.0 Å². The number of anilines is 2. The zero-order valence-electron chi connectivity index (χ0n) is 22.2. The lowest BCUT2D eigenvalue weighted by molar-refractivity contribution is -0.119. The Morgan fingerprint density at radius 2 is 1.77 bits per heavy atom. The van der Waals surface area contributed by atoms with Gasteiger partial charge in [0.15, 0.2) is 0 Å². The second-order valence-electron chi connectivity index (χ2n) is 8.19. The topological polar surface area (TPSA) is 159 Å². The number of aliphatic hydroxyl groups is 2. The molecule has 2 aromatic rings. The maximum absolute atomic E-state index is 11.8. The summed E-state index contributed by atoms with van der Waals surface area (Å²) in [5.74, 6) is 0.709. The van der Waals surface area contributed by atoms with Crippen LogP contribution in [0.15, 0.2) is 40.9 Å². The molecule has 0 aliphatic carbocycles. The van der Waals surface area contributed by atoms with Crippen LogP contribution in [0.1, 0.15) is 39.2 Å². The number of hydrogen-bond acceptors (Lipinski definition) is 10. The van der Waals surface area contributed by atoms with E-state index in [1.807, 2.05) is 13.8 Å². The summed E-state index contributed by atoms with van der Waals surface area (Å²) in [7, 11) is 2.96. The third kappa shape index (κ3) is 12.2. The van der Waals surface area contributed by atoms with E-state index < -0.39 is 0 Å². The van der Waals surface area contributed by atoms with Gasteiger partial charge in [0.05, 0.1) is 6.54 Å². The summed E-state index contributed by atoms with van der Waals surface area (Å²) in [5, 5.41) is 19.7. The Morgan fingerprint density at radius 3 is 2.26 bits per heavy atom. The number of carbonyl (C=O) groups is 2. The predicted molar refractivity (Wildman–Crippen MR) is 162 cm³/mol. The van der Waals surface area contributed by atoms with Gasteiger partial charge in [-0.2, -0.15) is 0 Å². The summed E-state index contributed by atoms with van der Waals surface area (Å²) < 4.78 is 0. The molecular formula is C25H36Cl2N6O4S2. The molecular weight excluding hydrogens is 583 g/mol. The van der Waals surface area contributed by atoms with Gasteiger partial charge in [-0.3, -0.25) is 9.59 Å². The van der Waals surface area contributed by atoms with Gasteiger partial charge in [-0.05, 0) is 45.4 Å². The molecule has 2 rings (SSSR count). The summed E-state index contributed by atoms with van der Waals surface area (Å²) in [6.07, 6.45) is 2.41. The van der Waals surface area contributed by atoms with Crippen LogP contribution in [-0.4, -0.2) is 73.9 Å². The van der Waals surface area contributed by atoms with Gasteiger partial charge in [-0.1, -0.05) is 56.9 Å². The molecule has 0 saturated heterocycles. The largest absolute Gasteiger partial charge is 0.396 e. The quantitative estimate of drug-likeness (QED) is 0.129. The highest BCUT2D eigenvalue weighted by Crippen LogP contribution is 2.40. The van der Waals surface area contributed by atoms with Crippen LogP contribution in [0, 0.1) is 0 Å². The molecule has 0 spiro atoms. The van der Waals surface area contributed by atoms with Crippen molar-refractivity contribution in [2.45, 2.75) is 51.4 Å². The van der Waals surface area contributed by atoms with Gasteiger partial charge in [0.25, 0.3) is 0 Å². The van der Waals surface area contributed by atoms with Gasteiger partial charge in [0.1, 0.15) is 21.9 Å². The van der Waals surface area contributed by atoms with Crippen LogP contribution in [0.25, 0.3) is 0 Å². The molecule has 0 fully saturated rings. The standard InChI is InChI=1S/C20H31ClN4O4S2.C5H5ClN2/c1-4-24(12-28)14(2)17(7-9-26)30-31-18(8-10-27)15(3)25(13-29)11-16-5-6-19(21)23-20(16)22;6-4-2-1-3-5(7)8-4/h5-6,12-14,17,26-27H,4,7-11H2,1-3H3,(H2,22,23);1-3H,(H2,7,8)/b18-15-;. The number of nitrogens with two attached hydrogens (primary N) is 2. The highest BCUT2D eigenvalue weighted by Gasteiger charge is 2.24. The fourth-order valence-electron chi connectivity index (χ4n) is 3.29. The van der Waals surface area contributed by atoms with Crippen molar-refractivity contribution in [2.24, 2.45) is 0 Å². The van der Waals surface area contributed by atoms with E-state index in [0.717, 1.165) is 11.3 Å². The lowest BCUT2D eigenvalue weighted by Gasteiger charge is -2.31. The number of rotatable bonds is 15. The number of allylic oxidation sites excluding steroid dienone is 1. The van der Waals surface area contributed by atoms with E-state index in [1.54, 1.807) is 42.2 Å². The van der Waals surface area contributed by atoms with Crippen molar-refractivity contribution in [3.8, 4) is 0 Å². The third-order valence-corrected chi connectivity index (χ3v) is 9.33. The minimum Gasteiger partial charge on any atom is -0.396 e. The van der Waals surface area contributed by atoms with Gasteiger partial charge in [-0.25, -0.2) is 9.97 Å². The third-order valence-electron chi connectivity index (χ3n) is 5.60. The van der Waals surface area contributed by atoms with Crippen molar-refractivity contribution >= 4 is 69.2 Å². The number of aliphatic hydroxyl groups excluding tert-OH is 2. The Bertz CT molecular complexity index is 1070. The molecule has 10 nitrogen and oxygen atoms in total. The van der Waals surface area contributed by atoms with Gasteiger partial charge >= 0.3 is 0 Å². The Morgan fingerprint density at radius 1 is 1.08 bits per heavy atom. The smallest absolute Gasteiger partial charge is 0.214 e. The SMILES string of the molecule is CCN(C=O)C(C)C(CCO)SS/C(CCO)=C(/C)N(C=O)Cc1ccc(Cl)nc1N.Nc1cccc(Cl)n1. The van der Waals surface area contributed by atoms with E-state index >= 15 is 0 Å². The summed E-state index contributed by atoms with van der Waals surface area (Å²) in [4.78, 5) is 34.9. The second kappa shape index (κ2) is 19.0. The number of hydrogen-bond donors (Lipinski definition) is 4. The van der Waals surface area contributed by atoms with E-state index in [1.165, 1.54) is 26.5 Å². The van der Waals surface area contributed by atoms with Gasteiger partial charge in [0, 0.05) is 53.6 Å². The Hall–Kier alpha value is -2.22. The van der Waals surface area contributed by atoms with Gasteiger partial charge in [-0.15, -0.1) is 0 Å². The molecule has 14 heteroatoms. The van der Waals surface area contributed by atoms with E-state index in [4.69, 9.17) is 34.7 Å². The lowest BCUT2D eigenvalue weighted by atomic mass is 10.1. The second-order valence-corrected chi connectivity index (χ2v) is 11.5. The number of nitrogen functional groups attached to an aromatic ring is 2. The Kier molecular flexibility index (Phi) is 16.9. The molecule has 216 valence electrons. The monoisotopic (exact) mass is 618 g/mol. The minimum atomic E-state index is -0.0788. The normalized spacial score (nSPS) is 12.9. The molecule has 2 atom stereocenters. The lowest BCUT2D eigenvalue weighted by Crippen LogP contribution is -2.39. The van der Waals surface area contributed by atoms with Crippen LogP contribution in [0.5, 0.6) is 0 Å². The fraction of sp³-hybridized carbons (Fsp3) is 0.440. The van der Waals surface area contributed by atoms with Gasteiger partial charge < -0.3 is 31.5 Å². The number of nitrogens with zero attached hydrogens (tertiary/aromatic N) is 4. The average molecular weight is 620 g/mol. The number of halogens is 2. The zero-order chi connectivity index (χ0) is 29.4. The average Bonchev–Trinajstić information content (AvgIpc) is 2.90. The molecule has 6 N–H and O–H groups in total.